The third-order valence-corrected chi connectivity index (χ3v) is 4.24. The number of aromatic nitrogens is 2. The predicted octanol–water partition coefficient (Wildman–Crippen LogP) is 2.38. The van der Waals surface area contributed by atoms with Crippen LogP contribution in [0.25, 0.3) is 11.5 Å². The molecule has 8 heteroatoms. The maximum atomic E-state index is 10.7. The summed E-state index contributed by atoms with van der Waals surface area (Å²) in [6.07, 6.45) is 2.58. The first kappa shape index (κ1) is 16.5. The second-order valence-electron chi connectivity index (χ2n) is 6.16. The van der Waals surface area contributed by atoms with Crippen LogP contribution in [0.3, 0.4) is 0 Å². The summed E-state index contributed by atoms with van der Waals surface area (Å²) in [5, 5.41) is 28.4. The van der Waals surface area contributed by atoms with E-state index in [0.717, 1.165) is 25.8 Å². The molecular formula is C16H20N4O4. The molecule has 128 valence electrons. The van der Waals surface area contributed by atoms with Gasteiger partial charge in [-0.1, -0.05) is 0 Å². The quantitative estimate of drug-likeness (QED) is 0.639. The Kier molecular flexibility index (Phi) is 4.86. The summed E-state index contributed by atoms with van der Waals surface area (Å²) in [7, 11) is 0. The van der Waals surface area contributed by atoms with Crippen molar-refractivity contribution < 1.29 is 14.4 Å². The highest BCUT2D eigenvalue weighted by Gasteiger charge is 2.27. The monoisotopic (exact) mass is 332 g/mol. The minimum atomic E-state index is -0.446. The van der Waals surface area contributed by atoms with Gasteiger partial charge in [0.25, 0.3) is 5.69 Å². The van der Waals surface area contributed by atoms with Crippen LogP contribution in [0.4, 0.5) is 5.69 Å². The van der Waals surface area contributed by atoms with E-state index in [9.17, 15) is 15.2 Å². The summed E-state index contributed by atoms with van der Waals surface area (Å²) < 4.78 is 5.69. The molecule has 0 radical (unpaired) electrons. The largest absolute Gasteiger partial charge is 0.419 e. The van der Waals surface area contributed by atoms with Crippen LogP contribution in [0.2, 0.25) is 0 Å². The molecule has 1 saturated heterocycles. The number of aliphatic hydroxyl groups is 1. The van der Waals surface area contributed by atoms with Crippen molar-refractivity contribution in [3.8, 4) is 11.5 Å². The summed E-state index contributed by atoms with van der Waals surface area (Å²) in [4.78, 5) is 12.5. The minimum absolute atomic E-state index is 0.0246. The molecule has 2 unspecified atom stereocenters. The Labute approximate surface area is 139 Å². The smallest absolute Gasteiger partial charge is 0.269 e. The Morgan fingerprint density at radius 2 is 2.17 bits per heavy atom. The van der Waals surface area contributed by atoms with Crippen LogP contribution in [-0.4, -0.2) is 43.8 Å². The second-order valence-corrected chi connectivity index (χ2v) is 6.16. The van der Waals surface area contributed by atoms with Gasteiger partial charge in [0.15, 0.2) is 0 Å². The molecule has 0 spiro atoms. The van der Waals surface area contributed by atoms with Crippen LogP contribution < -0.4 is 0 Å². The van der Waals surface area contributed by atoms with Gasteiger partial charge in [0, 0.05) is 23.7 Å². The average Bonchev–Trinajstić information content (AvgIpc) is 3.17. The number of likely N-dealkylation sites (tertiary alicyclic amines) is 1. The van der Waals surface area contributed by atoms with Crippen LogP contribution in [0.1, 0.15) is 32.1 Å². The Morgan fingerprint density at radius 3 is 2.83 bits per heavy atom. The number of nitro benzene ring substituents is 1. The standard InChI is InChI=1S/C16H20N4O4/c1-11(21)9-14-3-2-8-19(14)10-15-17-18-16(24-15)12-4-6-13(7-5-12)20(22)23/h4-7,11,14,21H,2-3,8-10H2,1H3. The molecular weight excluding hydrogens is 312 g/mol. The van der Waals surface area contributed by atoms with Crippen molar-refractivity contribution in [3.63, 3.8) is 0 Å². The zero-order valence-electron chi connectivity index (χ0n) is 13.5. The lowest BCUT2D eigenvalue weighted by atomic mass is 10.1. The van der Waals surface area contributed by atoms with Crippen LogP contribution >= 0.6 is 0 Å². The fourth-order valence-corrected chi connectivity index (χ4v) is 3.10. The number of nitro groups is 1. The lowest BCUT2D eigenvalue weighted by Gasteiger charge is -2.23. The molecule has 2 atom stereocenters. The molecule has 1 aromatic carbocycles. The number of rotatable bonds is 6. The molecule has 1 aromatic heterocycles. The summed E-state index contributed by atoms with van der Waals surface area (Å²) in [5.41, 5.74) is 0.679. The molecule has 0 amide bonds. The summed E-state index contributed by atoms with van der Waals surface area (Å²) in [5.74, 6) is 0.868. The van der Waals surface area contributed by atoms with Gasteiger partial charge in [0.1, 0.15) is 0 Å². The van der Waals surface area contributed by atoms with Gasteiger partial charge in [0.2, 0.25) is 11.8 Å². The average molecular weight is 332 g/mol. The van der Waals surface area contributed by atoms with Crippen molar-refractivity contribution in [2.45, 2.75) is 44.9 Å². The van der Waals surface area contributed by atoms with E-state index in [2.05, 4.69) is 15.1 Å². The molecule has 0 bridgehead atoms. The molecule has 1 fully saturated rings. The van der Waals surface area contributed by atoms with Crippen LogP contribution in [0, 0.1) is 10.1 Å². The number of hydrogen-bond acceptors (Lipinski definition) is 7. The Morgan fingerprint density at radius 1 is 1.42 bits per heavy atom. The molecule has 2 aromatic rings. The van der Waals surface area contributed by atoms with Crippen molar-refractivity contribution in [2.24, 2.45) is 0 Å². The fraction of sp³-hybridized carbons (Fsp3) is 0.500. The maximum Gasteiger partial charge on any atom is 0.269 e. The van der Waals surface area contributed by atoms with Crippen molar-refractivity contribution in [2.75, 3.05) is 6.54 Å². The highest BCUT2D eigenvalue weighted by molar-refractivity contribution is 5.55. The number of hydrogen-bond donors (Lipinski definition) is 1. The van der Waals surface area contributed by atoms with Crippen LogP contribution in [0.15, 0.2) is 28.7 Å². The molecule has 0 aliphatic carbocycles. The first-order valence-corrected chi connectivity index (χ1v) is 8.02. The van der Waals surface area contributed by atoms with Gasteiger partial charge in [-0.3, -0.25) is 15.0 Å². The normalized spacial score (nSPS) is 19.5. The van der Waals surface area contributed by atoms with Crippen LogP contribution in [0.5, 0.6) is 0 Å². The lowest BCUT2D eigenvalue weighted by molar-refractivity contribution is -0.384. The molecule has 8 nitrogen and oxygen atoms in total. The van der Waals surface area contributed by atoms with E-state index in [1.807, 2.05) is 0 Å². The number of aliphatic hydroxyl groups excluding tert-OH is 1. The zero-order valence-corrected chi connectivity index (χ0v) is 13.5. The lowest BCUT2D eigenvalue weighted by Crippen LogP contribution is -2.31. The molecule has 24 heavy (non-hydrogen) atoms. The highest BCUT2D eigenvalue weighted by atomic mass is 16.6. The Hall–Kier alpha value is -2.32. The zero-order chi connectivity index (χ0) is 17.1. The van der Waals surface area contributed by atoms with E-state index >= 15 is 0 Å². The predicted molar refractivity (Wildman–Crippen MR) is 86.1 cm³/mol. The van der Waals surface area contributed by atoms with Crippen molar-refractivity contribution in [1.29, 1.82) is 0 Å². The molecule has 3 rings (SSSR count). The van der Waals surface area contributed by atoms with E-state index < -0.39 is 4.92 Å². The summed E-state index contributed by atoms with van der Waals surface area (Å²) in [6.45, 7) is 3.31. The van der Waals surface area contributed by atoms with Crippen molar-refractivity contribution in [1.82, 2.24) is 15.1 Å². The first-order chi connectivity index (χ1) is 11.5. The van der Waals surface area contributed by atoms with E-state index in [4.69, 9.17) is 4.42 Å². The minimum Gasteiger partial charge on any atom is -0.419 e. The van der Waals surface area contributed by atoms with Gasteiger partial charge in [0.05, 0.1) is 17.6 Å². The van der Waals surface area contributed by atoms with Crippen LogP contribution in [-0.2, 0) is 6.54 Å². The first-order valence-electron chi connectivity index (χ1n) is 8.02. The fourth-order valence-electron chi connectivity index (χ4n) is 3.10. The van der Waals surface area contributed by atoms with E-state index in [1.54, 1.807) is 19.1 Å². The molecule has 1 aliphatic rings. The number of non-ortho nitro benzene ring substituents is 1. The van der Waals surface area contributed by atoms with Crippen molar-refractivity contribution in [3.05, 3.63) is 40.3 Å². The third-order valence-electron chi connectivity index (χ3n) is 4.24. The molecule has 2 heterocycles. The van der Waals surface area contributed by atoms with Gasteiger partial charge < -0.3 is 9.52 Å². The van der Waals surface area contributed by atoms with Gasteiger partial charge >= 0.3 is 0 Å². The number of nitrogens with zero attached hydrogens (tertiary/aromatic N) is 4. The Balaban J connectivity index is 1.68. The summed E-state index contributed by atoms with van der Waals surface area (Å²) >= 11 is 0. The Bertz CT molecular complexity index is 698. The SMILES string of the molecule is CC(O)CC1CCCN1Cc1nnc(-c2ccc([N+](=O)[O-])cc2)o1. The van der Waals surface area contributed by atoms with Crippen molar-refractivity contribution >= 4 is 5.69 Å². The van der Waals surface area contributed by atoms with Gasteiger partial charge in [-0.2, -0.15) is 0 Å². The van der Waals surface area contributed by atoms with Gasteiger partial charge in [-0.05, 0) is 44.9 Å². The van der Waals surface area contributed by atoms with E-state index in [0.29, 0.717) is 29.9 Å². The maximum absolute atomic E-state index is 10.7. The van der Waals surface area contributed by atoms with Gasteiger partial charge in [-0.25, -0.2) is 0 Å². The summed E-state index contributed by atoms with van der Waals surface area (Å²) in [6, 6.07) is 6.36. The van der Waals surface area contributed by atoms with E-state index in [1.165, 1.54) is 12.1 Å². The topological polar surface area (TPSA) is 106 Å². The number of benzene rings is 1. The third kappa shape index (κ3) is 3.77. The second kappa shape index (κ2) is 7.06. The highest BCUT2D eigenvalue weighted by Crippen LogP contribution is 2.25. The molecule has 0 saturated carbocycles. The molecule has 1 N–H and O–H groups in total. The van der Waals surface area contributed by atoms with Gasteiger partial charge in [-0.15, -0.1) is 10.2 Å². The molecule has 1 aliphatic heterocycles. The van der Waals surface area contributed by atoms with E-state index in [-0.39, 0.29) is 11.8 Å².